The number of ether oxygens (including phenoxy) is 1. The van der Waals surface area contributed by atoms with E-state index in [1.165, 1.54) is 21.8 Å². The van der Waals surface area contributed by atoms with Crippen molar-refractivity contribution in [2.75, 3.05) is 38.4 Å². The van der Waals surface area contributed by atoms with E-state index >= 15 is 0 Å². The molecule has 7 nitrogen and oxygen atoms in total. The molecule has 1 heterocycles. The molecular formula is C17H22ClN3O4. The monoisotopic (exact) mass is 367 g/mol. The Bertz CT molecular complexity index is 648. The number of carbonyl (C=O) groups excluding carboxylic acids is 3. The molecule has 0 atom stereocenters. The predicted molar refractivity (Wildman–Crippen MR) is 94.2 cm³/mol. The number of carbonyl (C=O) groups is 3. The van der Waals surface area contributed by atoms with Gasteiger partial charge in [0.1, 0.15) is 26.4 Å². The van der Waals surface area contributed by atoms with Crippen LogP contribution < -0.4 is 4.90 Å². The molecular weight excluding hydrogens is 346 g/mol. The van der Waals surface area contributed by atoms with E-state index < -0.39 is 0 Å². The van der Waals surface area contributed by atoms with Crippen LogP contribution in [0.5, 0.6) is 0 Å². The lowest BCUT2D eigenvalue weighted by atomic mass is 10.3. The van der Waals surface area contributed by atoms with Gasteiger partial charge in [-0.1, -0.05) is 11.6 Å². The van der Waals surface area contributed by atoms with Gasteiger partial charge in [-0.25, -0.2) is 0 Å². The van der Waals surface area contributed by atoms with Crippen LogP contribution in [0.3, 0.4) is 0 Å². The Morgan fingerprint density at radius 2 is 1.92 bits per heavy atom. The fraction of sp³-hybridized carbons (Fsp3) is 0.471. The van der Waals surface area contributed by atoms with Gasteiger partial charge < -0.3 is 14.5 Å². The SMILES string of the molecule is COCC(=O)N(CC(=O)N1CC(=O)N(c2ccc(Cl)cc2)C1)C(C)C. The zero-order valence-corrected chi connectivity index (χ0v) is 15.3. The quantitative estimate of drug-likeness (QED) is 0.761. The van der Waals surface area contributed by atoms with Crippen molar-refractivity contribution in [1.29, 1.82) is 0 Å². The normalized spacial score (nSPS) is 14.4. The van der Waals surface area contributed by atoms with Crippen LogP contribution in [0.4, 0.5) is 5.69 Å². The first-order valence-electron chi connectivity index (χ1n) is 7.95. The molecule has 0 N–H and O–H groups in total. The third kappa shape index (κ3) is 4.70. The third-order valence-corrected chi connectivity index (χ3v) is 4.20. The van der Waals surface area contributed by atoms with Crippen LogP contribution in [0, 0.1) is 0 Å². The van der Waals surface area contributed by atoms with Gasteiger partial charge in [0.25, 0.3) is 0 Å². The highest BCUT2D eigenvalue weighted by Gasteiger charge is 2.33. The smallest absolute Gasteiger partial charge is 0.249 e. The fourth-order valence-corrected chi connectivity index (χ4v) is 2.70. The topological polar surface area (TPSA) is 70.2 Å². The van der Waals surface area contributed by atoms with Crippen LogP contribution in [0.15, 0.2) is 24.3 Å². The van der Waals surface area contributed by atoms with Crippen molar-refractivity contribution in [2.45, 2.75) is 19.9 Å². The highest BCUT2D eigenvalue weighted by molar-refractivity contribution is 6.30. The largest absolute Gasteiger partial charge is 0.375 e. The van der Waals surface area contributed by atoms with Crippen LogP contribution in [-0.4, -0.2) is 67.0 Å². The van der Waals surface area contributed by atoms with Crippen molar-refractivity contribution in [2.24, 2.45) is 0 Å². The van der Waals surface area contributed by atoms with E-state index in [1.807, 2.05) is 13.8 Å². The molecule has 25 heavy (non-hydrogen) atoms. The molecule has 0 aliphatic carbocycles. The van der Waals surface area contributed by atoms with Gasteiger partial charge in [-0.05, 0) is 38.1 Å². The van der Waals surface area contributed by atoms with Crippen molar-refractivity contribution < 1.29 is 19.1 Å². The van der Waals surface area contributed by atoms with Gasteiger partial charge in [0.15, 0.2) is 0 Å². The number of hydrogen-bond acceptors (Lipinski definition) is 4. The molecule has 1 aromatic carbocycles. The summed E-state index contributed by atoms with van der Waals surface area (Å²) in [4.78, 5) is 41.2. The molecule has 0 unspecified atom stereocenters. The summed E-state index contributed by atoms with van der Waals surface area (Å²) in [6, 6.07) is 6.71. The van der Waals surface area contributed by atoms with Crippen LogP contribution in [0.1, 0.15) is 13.8 Å². The number of amides is 3. The maximum absolute atomic E-state index is 12.5. The van der Waals surface area contributed by atoms with E-state index in [2.05, 4.69) is 0 Å². The second kappa shape index (κ2) is 8.31. The molecule has 136 valence electrons. The Kier molecular flexibility index (Phi) is 6.39. The van der Waals surface area contributed by atoms with Gasteiger partial charge in [0.2, 0.25) is 17.7 Å². The first kappa shape index (κ1) is 19.2. The molecule has 1 aliphatic heterocycles. The molecule has 2 rings (SSSR count). The Morgan fingerprint density at radius 3 is 2.48 bits per heavy atom. The Balaban J connectivity index is 2.04. The van der Waals surface area contributed by atoms with Crippen molar-refractivity contribution in [3.63, 3.8) is 0 Å². The lowest BCUT2D eigenvalue weighted by molar-refractivity contribution is -0.144. The first-order chi connectivity index (χ1) is 11.8. The van der Waals surface area contributed by atoms with Crippen LogP contribution in [0.25, 0.3) is 0 Å². The zero-order chi connectivity index (χ0) is 18.6. The lowest BCUT2D eigenvalue weighted by Crippen LogP contribution is -2.46. The Labute approximate surface area is 152 Å². The maximum Gasteiger partial charge on any atom is 0.249 e. The second-order valence-electron chi connectivity index (χ2n) is 6.08. The third-order valence-electron chi connectivity index (χ3n) is 3.95. The van der Waals surface area contributed by atoms with Crippen LogP contribution in [-0.2, 0) is 19.1 Å². The first-order valence-corrected chi connectivity index (χ1v) is 8.33. The average molecular weight is 368 g/mol. The summed E-state index contributed by atoms with van der Waals surface area (Å²) >= 11 is 5.86. The molecule has 1 aromatic rings. The highest BCUT2D eigenvalue weighted by Crippen LogP contribution is 2.22. The Hall–Kier alpha value is -2.12. The van der Waals surface area contributed by atoms with Gasteiger partial charge in [-0.3, -0.25) is 19.3 Å². The summed E-state index contributed by atoms with van der Waals surface area (Å²) in [6.07, 6.45) is 0. The van der Waals surface area contributed by atoms with E-state index in [4.69, 9.17) is 16.3 Å². The summed E-state index contributed by atoms with van der Waals surface area (Å²) in [5.74, 6) is -0.705. The molecule has 0 radical (unpaired) electrons. The summed E-state index contributed by atoms with van der Waals surface area (Å²) in [7, 11) is 1.43. The minimum absolute atomic E-state index is 0.00807. The number of methoxy groups -OCH3 is 1. The number of benzene rings is 1. The molecule has 0 bridgehead atoms. The summed E-state index contributed by atoms with van der Waals surface area (Å²) in [5, 5.41) is 0.576. The van der Waals surface area contributed by atoms with Gasteiger partial charge in [0.05, 0.1) is 0 Å². The van der Waals surface area contributed by atoms with Crippen molar-refractivity contribution in [3.05, 3.63) is 29.3 Å². The second-order valence-corrected chi connectivity index (χ2v) is 6.52. The number of hydrogen-bond donors (Lipinski definition) is 0. The zero-order valence-electron chi connectivity index (χ0n) is 14.6. The van der Waals surface area contributed by atoms with Crippen molar-refractivity contribution >= 4 is 35.0 Å². The minimum Gasteiger partial charge on any atom is -0.375 e. The highest BCUT2D eigenvalue weighted by atomic mass is 35.5. The van der Waals surface area contributed by atoms with E-state index in [-0.39, 0.29) is 50.1 Å². The fourth-order valence-electron chi connectivity index (χ4n) is 2.57. The van der Waals surface area contributed by atoms with Gasteiger partial charge in [-0.15, -0.1) is 0 Å². The standard InChI is InChI=1S/C17H22ClN3O4/c1-12(2)20(17(24)10-25-3)9-15(22)19-8-16(23)21(11-19)14-6-4-13(18)5-7-14/h4-7,12H,8-11H2,1-3H3. The molecule has 8 heteroatoms. The van der Waals surface area contributed by atoms with Crippen LogP contribution >= 0.6 is 11.6 Å². The number of anilines is 1. The van der Waals surface area contributed by atoms with Gasteiger partial charge in [0, 0.05) is 23.9 Å². The molecule has 0 aromatic heterocycles. The molecule has 1 saturated heterocycles. The molecule has 1 aliphatic rings. The number of halogens is 1. The predicted octanol–water partition coefficient (Wildman–Crippen LogP) is 1.36. The molecule has 1 fully saturated rings. The lowest BCUT2D eigenvalue weighted by Gasteiger charge is -2.28. The number of rotatable bonds is 6. The van der Waals surface area contributed by atoms with Gasteiger partial charge in [-0.2, -0.15) is 0 Å². The summed E-state index contributed by atoms with van der Waals surface area (Å²) in [5.41, 5.74) is 0.681. The van der Waals surface area contributed by atoms with E-state index in [9.17, 15) is 14.4 Å². The van der Waals surface area contributed by atoms with E-state index in [1.54, 1.807) is 24.3 Å². The summed E-state index contributed by atoms with van der Waals surface area (Å²) in [6.45, 7) is 3.64. The van der Waals surface area contributed by atoms with Crippen LogP contribution in [0.2, 0.25) is 5.02 Å². The van der Waals surface area contributed by atoms with E-state index in [0.717, 1.165) is 0 Å². The number of nitrogens with zero attached hydrogens (tertiary/aromatic N) is 3. The minimum atomic E-state index is -0.275. The molecule has 0 saturated carbocycles. The van der Waals surface area contributed by atoms with Crippen molar-refractivity contribution in [3.8, 4) is 0 Å². The average Bonchev–Trinajstić information content (AvgIpc) is 2.95. The van der Waals surface area contributed by atoms with Gasteiger partial charge >= 0.3 is 0 Å². The van der Waals surface area contributed by atoms with Crippen molar-refractivity contribution in [1.82, 2.24) is 9.80 Å². The Morgan fingerprint density at radius 1 is 1.28 bits per heavy atom. The maximum atomic E-state index is 12.5. The summed E-state index contributed by atoms with van der Waals surface area (Å²) < 4.78 is 4.85. The van der Waals surface area contributed by atoms with E-state index in [0.29, 0.717) is 10.7 Å². The molecule has 0 spiro atoms. The molecule has 3 amide bonds.